The van der Waals surface area contributed by atoms with E-state index >= 15 is 0 Å². The maximum absolute atomic E-state index is 10.7. The van der Waals surface area contributed by atoms with Gasteiger partial charge in [-0.2, -0.15) is 0 Å². The highest BCUT2D eigenvalue weighted by molar-refractivity contribution is 5.87. The average Bonchev–Trinajstić information content (AvgIpc) is 2.64. The fraction of sp³-hybridized carbons (Fsp3) is 0.519. The van der Waals surface area contributed by atoms with E-state index in [0.717, 1.165) is 24.5 Å². The molecule has 0 unspecified atom stereocenters. The second-order valence-electron chi connectivity index (χ2n) is 7.98. The van der Waals surface area contributed by atoms with Gasteiger partial charge in [0.05, 0.1) is 6.61 Å². The summed E-state index contributed by atoms with van der Waals surface area (Å²) >= 11 is 0. The van der Waals surface area contributed by atoms with Crippen LogP contribution in [0.5, 0.6) is 5.75 Å². The lowest BCUT2D eigenvalue weighted by molar-refractivity contribution is -0.112. The molecule has 0 aliphatic rings. The van der Waals surface area contributed by atoms with Gasteiger partial charge >= 0.3 is 0 Å². The molecule has 0 aliphatic heterocycles. The van der Waals surface area contributed by atoms with Crippen molar-refractivity contribution >= 4 is 11.9 Å². The number of carbonyl (C=O) groups excluding carboxylic acids is 1. The van der Waals surface area contributed by atoms with Crippen LogP contribution in [0.25, 0.3) is 6.08 Å². The molecule has 0 N–H and O–H groups in total. The number of allylic oxidation sites excluding steroid dienone is 5. The lowest BCUT2D eigenvalue weighted by Gasteiger charge is -2.07. The Kier molecular flexibility index (Phi) is 16.7. The highest BCUT2D eigenvalue weighted by Gasteiger charge is 1.98. The Bertz CT molecular complexity index is 633. The SMILES string of the molecule is CC(C)C.CCOc1ccc(/C=C/CCCCCC/C=C/C=C/C(C)=O)cc1C. The van der Waals surface area contributed by atoms with Crippen LogP contribution < -0.4 is 4.74 Å². The van der Waals surface area contributed by atoms with Crippen molar-refractivity contribution < 1.29 is 9.53 Å². The summed E-state index contributed by atoms with van der Waals surface area (Å²) in [5.41, 5.74) is 2.43. The van der Waals surface area contributed by atoms with Gasteiger partial charge in [0.15, 0.2) is 5.78 Å². The molecule has 1 rings (SSSR count). The van der Waals surface area contributed by atoms with E-state index in [4.69, 9.17) is 4.74 Å². The molecule has 0 spiro atoms. The zero-order valence-electron chi connectivity index (χ0n) is 19.5. The molecule has 0 bridgehead atoms. The van der Waals surface area contributed by atoms with Crippen LogP contribution in [-0.2, 0) is 4.79 Å². The van der Waals surface area contributed by atoms with E-state index in [1.165, 1.54) is 36.8 Å². The minimum atomic E-state index is 0.0955. The van der Waals surface area contributed by atoms with Crippen LogP contribution in [-0.4, -0.2) is 12.4 Å². The molecule has 0 saturated heterocycles. The van der Waals surface area contributed by atoms with E-state index in [-0.39, 0.29) is 5.78 Å². The van der Waals surface area contributed by atoms with E-state index in [1.807, 2.05) is 19.1 Å². The Morgan fingerprint density at radius 2 is 1.62 bits per heavy atom. The second-order valence-corrected chi connectivity index (χ2v) is 7.98. The van der Waals surface area contributed by atoms with Gasteiger partial charge in [0.1, 0.15) is 5.75 Å². The average molecular weight is 399 g/mol. The highest BCUT2D eigenvalue weighted by Crippen LogP contribution is 2.20. The van der Waals surface area contributed by atoms with Crippen molar-refractivity contribution in [3.05, 3.63) is 59.7 Å². The predicted molar refractivity (Wildman–Crippen MR) is 129 cm³/mol. The van der Waals surface area contributed by atoms with Crippen molar-refractivity contribution in [3.8, 4) is 5.75 Å². The minimum Gasteiger partial charge on any atom is -0.494 e. The number of aryl methyl sites for hydroxylation is 1. The fourth-order valence-corrected chi connectivity index (χ4v) is 2.56. The number of ketones is 1. The smallest absolute Gasteiger partial charge is 0.152 e. The summed E-state index contributed by atoms with van der Waals surface area (Å²) in [5, 5.41) is 0. The molecule has 2 heteroatoms. The molecule has 2 nitrogen and oxygen atoms in total. The van der Waals surface area contributed by atoms with Gasteiger partial charge in [-0.25, -0.2) is 0 Å². The minimum absolute atomic E-state index is 0.0955. The van der Waals surface area contributed by atoms with Crippen LogP contribution in [0, 0.1) is 12.8 Å². The Hall–Kier alpha value is -2.09. The van der Waals surface area contributed by atoms with E-state index < -0.39 is 0 Å². The van der Waals surface area contributed by atoms with Crippen LogP contribution in [0.4, 0.5) is 0 Å². The lowest BCUT2D eigenvalue weighted by Crippen LogP contribution is -1.93. The van der Waals surface area contributed by atoms with E-state index in [2.05, 4.69) is 64.1 Å². The molecule has 0 aromatic heterocycles. The molecular formula is C27H42O2. The third-order valence-corrected chi connectivity index (χ3v) is 3.88. The van der Waals surface area contributed by atoms with Crippen LogP contribution in [0.3, 0.4) is 0 Å². The van der Waals surface area contributed by atoms with Gasteiger partial charge in [-0.1, -0.05) is 70.1 Å². The molecule has 1 aromatic carbocycles. The van der Waals surface area contributed by atoms with Gasteiger partial charge in [0.2, 0.25) is 0 Å². The highest BCUT2D eigenvalue weighted by atomic mass is 16.5. The topological polar surface area (TPSA) is 26.3 Å². The second kappa shape index (κ2) is 18.0. The number of rotatable bonds is 12. The molecule has 0 fully saturated rings. The Balaban J connectivity index is 0.00000178. The van der Waals surface area contributed by atoms with Gasteiger partial charge in [0, 0.05) is 0 Å². The summed E-state index contributed by atoms with van der Waals surface area (Å²) in [5.74, 6) is 1.91. The third kappa shape index (κ3) is 17.7. The largest absolute Gasteiger partial charge is 0.494 e. The first-order valence-electron chi connectivity index (χ1n) is 11.1. The summed E-state index contributed by atoms with van der Waals surface area (Å²) < 4.78 is 5.57. The quantitative estimate of drug-likeness (QED) is 0.202. The molecule has 0 amide bonds. The van der Waals surface area contributed by atoms with Crippen molar-refractivity contribution in [2.45, 2.75) is 80.1 Å². The molecular weight excluding hydrogens is 356 g/mol. The van der Waals surface area contributed by atoms with Gasteiger partial charge in [-0.15, -0.1) is 0 Å². The van der Waals surface area contributed by atoms with Gasteiger partial charge in [-0.05, 0) is 81.7 Å². The van der Waals surface area contributed by atoms with Crippen molar-refractivity contribution in [2.24, 2.45) is 5.92 Å². The van der Waals surface area contributed by atoms with Crippen LogP contribution in [0.1, 0.15) is 84.3 Å². The summed E-state index contributed by atoms with van der Waals surface area (Å²) in [7, 11) is 0. The predicted octanol–water partition coefficient (Wildman–Crippen LogP) is 8.11. The number of unbranched alkanes of at least 4 members (excludes halogenated alkanes) is 5. The van der Waals surface area contributed by atoms with Crippen LogP contribution in [0.15, 0.2) is 48.6 Å². The zero-order chi connectivity index (χ0) is 21.9. The molecule has 0 aliphatic carbocycles. The number of carbonyl (C=O) groups is 1. The normalized spacial score (nSPS) is 11.4. The molecule has 162 valence electrons. The zero-order valence-corrected chi connectivity index (χ0v) is 19.5. The van der Waals surface area contributed by atoms with Crippen molar-refractivity contribution in [2.75, 3.05) is 6.61 Å². The first-order valence-corrected chi connectivity index (χ1v) is 11.1. The molecule has 0 heterocycles. The maximum atomic E-state index is 10.7. The molecule has 0 saturated carbocycles. The Morgan fingerprint density at radius 3 is 2.17 bits per heavy atom. The maximum Gasteiger partial charge on any atom is 0.152 e. The molecule has 1 aromatic rings. The number of ether oxygens (including phenoxy) is 1. The molecule has 0 atom stereocenters. The van der Waals surface area contributed by atoms with E-state index in [0.29, 0.717) is 6.61 Å². The molecule has 0 radical (unpaired) electrons. The van der Waals surface area contributed by atoms with Gasteiger partial charge < -0.3 is 4.74 Å². The first-order chi connectivity index (χ1) is 13.9. The Morgan fingerprint density at radius 1 is 1.00 bits per heavy atom. The number of benzene rings is 1. The summed E-state index contributed by atoms with van der Waals surface area (Å²) in [6.45, 7) is 12.9. The fourth-order valence-electron chi connectivity index (χ4n) is 2.56. The summed E-state index contributed by atoms with van der Waals surface area (Å²) in [6, 6.07) is 6.34. The van der Waals surface area contributed by atoms with Crippen LogP contribution in [0.2, 0.25) is 0 Å². The van der Waals surface area contributed by atoms with Crippen molar-refractivity contribution in [3.63, 3.8) is 0 Å². The summed E-state index contributed by atoms with van der Waals surface area (Å²) in [4.78, 5) is 10.7. The van der Waals surface area contributed by atoms with Crippen molar-refractivity contribution in [1.82, 2.24) is 0 Å². The Labute approximate surface area is 179 Å². The first kappa shape index (κ1) is 26.9. The van der Waals surface area contributed by atoms with Gasteiger partial charge in [-0.3, -0.25) is 4.79 Å². The van der Waals surface area contributed by atoms with E-state index in [9.17, 15) is 4.79 Å². The number of hydrogen-bond acceptors (Lipinski definition) is 2. The standard InChI is InChI=1S/C23H32O2.C4H10/c1-4-25-23-18-17-22(19-20(23)2)16-14-12-10-8-6-5-7-9-11-13-15-21(3)24;1-4(2)3/h9,11,13-19H,4-8,10,12H2,1-3H3;4H,1-3H3/b11-9+,15-13+,16-14+;. The van der Waals surface area contributed by atoms with Gasteiger partial charge in [0.25, 0.3) is 0 Å². The van der Waals surface area contributed by atoms with Crippen LogP contribution >= 0.6 is 0 Å². The molecule has 29 heavy (non-hydrogen) atoms. The van der Waals surface area contributed by atoms with Crippen molar-refractivity contribution in [1.29, 1.82) is 0 Å². The lowest BCUT2D eigenvalue weighted by atomic mass is 10.1. The number of hydrogen-bond donors (Lipinski definition) is 0. The monoisotopic (exact) mass is 398 g/mol. The van der Waals surface area contributed by atoms with E-state index in [1.54, 1.807) is 13.0 Å². The third-order valence-electron chi connectivity index (χ3n) is 3.88. The summed E-state index contributed by atoms with van der Waals surface area (Å²) in [6.07, 6.45) is 19.2.